The Bertz CT molecular complexity index is 563. The number of guanidine groups is 1. The van der Waals surface area contributed by atoms with Crippen LogP contribution in [0.15, 0.2) is 23.2 Å². The zero-order valence-electron chi connectivity index (χ0n) is 15.4. The Hall–Kier alpha value is -1.26. The van der Waals surface area contributed by atoms with E-state index in [-0.39, 0.29) is 30.0 Å². The van der Waals surface area contributed by atoms with Gasteiger partial charge in [-0.2, -0.15) is 0 Å². The van der Waals surface area contributed by atoms with Gasteiger partial charge >= 0.3 is 0 Å². The smallest absolute Gasteiger partial charge is 0.191 e. The first-order valence-electron chi connectivity index (χ1n) is 8.07. The maximum atomic E-state index is 6.13. The molecule has 1 aromatic rings. The van der Waals surface area contributed by atoms with Crippen LogP contribution >= 0.6 is 24.0 Å². The minimum Gasteiger partial charge on any atom is -0.493 e. The Morgan fingerprint density at radius 3 is 2.44 bits per heavy atom. The van der Waals surface area contributed by atoms with Gasteiger partial charge in [0.15, 0.2) is 17.5 Å². The van der Waals surface area contributed by atoms with E-state index < -0.39 is 0 Å². The van der Waals surface area contributed by atoms with Crippen molar-refractivity contribution in [3.8, 4) is 11.5 Å². The normalized spacial score (nSPS) is 16.4. The van der Waals surface area contributed by atoms with Crippen molar-refractivity contribution in [1.82, 2.24) is 9.80 Å². The summed E-state index contributed by atoms with van der Waals surface area (Å²) in [5, 5.41) is 0. The van der Waals surface area contributed by atoms with Crippen molar-refractivity contribution in [2.24, 2.45) is 10.7 Å². The van der Waals surface area contributed by atoms with E-state index >= 15 is 0 Å². The van der Waals surface area contributed by atoms with Crippen LogP contribution in [0.25, 0.3) is 0 Å². The second kappa shape index (κ2) is 10.7. The molecule has 1 aliphatic rings. The molecule has 2 N–H and O–H groups in total. The van der Waals surface area contributed by atoms with Crippen molar-refractivity contribution in [2.45, 2.75) is 6.04 Å². The highest BCUT2D eigenvalue weighted by molar-refractivity contribution is 14.0. The fourth-order valence-corrected chi connectivity index (χ4v) is 2.70. The first kappa shape index (κ1) is 21.8. The molecule has 2 rings (SSSR count). The van der Waals surface area contributed by atoms with Crippen molar-refractivity contribution >= 4 is 29.9 Å². The molecule has 1 saturated heterocycles. The van der Waals surface area contributed by atoms with E-state index in [1.165, 1.54) is 0 Å². The number of hydrogen-bond donors (Lipinski definition) is 1. The van der Waals surface area contributed by atoms with Crippen LogP contribution in [0, 0.1) is 0 Å². The lowest BCUT2D eigenvalue weighted by molar-refractivity contribution is 0.0673. The Kier molecular flexibility index (Phi) is 9.30. The second-order valence-electron chi connectivity index (χ2n) is 5.89. The number of halogens is 1. The third kappa shape index (κ3) is 5.89. The zero-order chi connectivity index (χ0) is 17.5. The van der Waals surface area contributed by atoms with E-state index in [0.717, 1.165) is 24.4 Å². The van der Waals surface area contributed by atoms with Gasteiger partial charge in [-0.25, -0.2) is 0 Å². The fourth-order valence-electron chi connectivity index (χ4n) is 2.70. The molecule has 1 fully saturated rings. The van der Waals surface area contributed by atoms with Crippen molar-refractivity contribution in [3.63, 3.8) is 0 Å². The molecule has 0 bridgehead atoms. The maximum Gasteiger partial charge on any atom is 0.191 e. The molecular formula is C17H29IN4O3. The summed E-state index contributed by atoms with van der Waals surface area (Å²) in [6.07, 6.45) is 0. The third-order valence-electron chi connectivity index (χ3n) is 4.18. The average Bonchev–Trinajstić information content (AvgIpc) is 2.61. The molecule has 1 unspecified atom stereocenters. The van der Waals surface area contributed by atoms with E-state index in [0.29, 0.717) is 31.5 Å². The topological polar surface area (TPSA) is 72.5 Å². The summed E-state index contributed by atoms with van der Waals surface area (Å²) in [6.45, 7) is 3.55. The lowest BCUT2D eigenvalue weighted by atomic mass is 10.1. The summed E-state index contributed by atoms with van der Waals surface area (Å²) in [4.78, 5) is 8.78. The van der Waals surface area contributed by atoms with E-state index in [4.69, 9.17) is 19.9 Å². The highest BCUT2D eigenvalue weighted by Gasteiger charge is 2.18. The molecule has 142 valence electrons. The number of aliphatic imine (C=N–C) groups is 1. The van der Waals surface area contributed by atoms with Gasteiger partial charge in [0, 0.05) is 13.1 Å². The van der Waals surface area contributed by atoms with Crippen molar-refractivity contribution in [3.05, 3.63) is 23.8 Å². The van der Waals surface area contributed by atoms with E-state index in [2.05, 4.69) is 14.8 Å². The molecule has 1 aliphatic heterocycles. The predicted molar refractivity (Wildman–Crippen MR) is 110 cm³/mol. The third-order valence-corrected chi connectivity index (χ3v) is 4.18. The van der Waals surface area contributed by atoms with Crippen molar-refractivity contribution < 1.29 is 14.2 Å². The quantitative estimate of drug-likeness (QED) is 0.392. The summed E-state index contributed by atoms with van der Waals surface area (Å²) in [6, 6.07) is 6.04. The molecule has 7 nitrogen and oxygen atoms in total. The molecule has 0 saturated carbocycles. The lowest BCUT2D eigenvalue weighted by Gasteiger charge is -2.29. The summed E-state index contributed by atoms with van der Waals surface area (Å²) in [7, 11) is 7.33. The summed E-state index contributed by atoms with van der Waals surface area (Å²) >= 11 is 0. The van der Waals surface area contributed by atoms with E-state index in [1.54, 1.807) is 14.2 Å². The average molecular weight is 464 g/mol. The van der Waals surface area contributed by atoms with Crippen LogP contribution < -0.4 is 15.2 Å². The van der Waals surface area contributed by atoms with Crippen LogP contribution in [-0.2, 0) is 4.74 Å². The number of benzene rings is 1. The Balaban J connectivity index is 0.00000312. The number of morpholine rings is 1. The maximum absolute atomic E-state index is 6.13. The first-order valence-corrected chi connectivity index (χ1v) is 8.07. The predicted octanol–water partition coefficient (Wildman–Crippen LogP) is 1.57. The van der Waals surface area contributed by atoms with Crippen molar-refractivity contribution in [2.75, 3.05) is 61.2 Å². The van der Waals surface area contributed by atoms with Gasteiger partial charge in [0.05, 0.1) is 40.0 Å². The van der Waals surface area contributed by atoms with Gasteiger partial charge in [0.1, 0.15) is 0 Å². The molecule has 1 atom stereocenters. The van der Waals surface area contributed by atoms with Crippen LogP contribution in [0.3, 0.4) is 0 Å². The summed E-state index contributed by atoms with van der Waals surface area (Å²) < 4.78 is 16.0. The molecule has 1 heterocycles. The summed E-state index contributed by atoms with van der Waals surface area (Å²) in [5.41, 5.74) is 7.24. The number of ether oxygens (including phenoxy) is 3. The highest BCUT2D eigenvalue weighted by Crippen LogP contribution is 2.31. The van der Waals surface area contributed by atoms with Crippen LogP contribution in [0.5, 0.6) is 11.5 Å². The Morgan fingerprint density at radius 1 is 1.24 bits per heavy atom. The standard InChI is InChI=1S/C17H28N4O3.HI/c1-20(2)14(12-19-17(18)21-7-9-24-10-8-21)13-5-6-15(22-3)16(11-13)23-4;/h5-6,11,14H,7-10,12H2,1-4H3,(H2,18,19);1H. The number of nitrogens with two attached hydrogens (primary N) is 1. The number of likely N-dealkylation sites (N-methyl/N-ethyl adjacent to an activating group) is 1. The van der Waals surface area contributed by atoms with Gasteiger partial charge in [-0.15, -0.1) is 24.0 Å². The molecule has 0 spiro atoms. The molecule has 1 aromatic carbocycles. The largest absolute Gasteiger partial charge is 0.493 e. The van der Waals surface area contributed by atoms with Gasteiger partial charge in [-0.05, 0) is 31.8 Å². The molecule has 0 aliphatic carbocycles. The molecule has 0 aromatic heterocycles. The number of methoxy groups -OCH3 is 2. The van der Waals surface area contributed by atoms with Crippen LogP contribution in [0.1, 0.15) is 11.6 Å². The SMILES string of the molecule is COc1ccc(C(CN=C(N)N2CCOCC2)N(C)C)cc1OC.I. The lowest BCUT2D eigenvalue weighted by Crippen LogP contribution is -2.45. The Labute approximate surface area is 167 Å². The minimum absolute atomic E-state index is 0. The zero-order valence-corrected chi connectivity index (χ0v) is 17.7. The Morgan fingerprint density at radius 2 is 1.88 bits per heavy atom. The van der Waals surface area contributed by atoms with E-state index in [9.17, 15) is 0 Å². The number of hydrogen-bond acceptors (Lipinski definition) is 5. The molecule has 0 radical (unpaired) electrons. The summed E-state index contributed by atoms with van der Waals surface area (Å²) in [5.74, 6) is 2.01. The van der Waals surface area contributed by atoms with Crippen LogP contribution in [-0.4, -0.2) is 76.9 Å². The molecular weight excluding hydrogens is 435 g/mol. The number of nitrogens with zero attached hydrogens (tertiary/aromatic N) is 3. The van der Waals surface area contributed by atoms with Gasteiger partial charge in [0.2, 0.25) is 0 Å². The fraction of sp³-hybridized carbons (Fsp3) is 0.588. The van der Waals surface area contributed by atoms with Crippen LogP contribution in [0.4, 0.5) is 0 Å². The monoisotopic (exact) mass is 464 g/mol. The highest BCUT2D eigenvalue weighted by atomic mass is 127. The van der Waals surface area contributed by atoms with Gasteiger partial charge in [-0.1, -0.05) is 6.07 Å². The minimum atomic E-state index is 0. The van der Waals surface area contributed by atoms with Gasteiger partial charge in [-0.3, -0.25) is 4.99 Å². The van der Waals surface area contributed by atoms with E-state index in [1.807, 2.05) is 32.3 Å². The van der Waals surface area contributed by atoms with Gasteiger partial charge < -0.3 is 29.7 Å². The molecule has 25 heavy (non-hydrogen) atoms. The van der Waals surface area contributed by atoms with Crippen LogP contribution in [0.2, 0.25) is 0 Å². The number of rotatable bonds is 6. The second-order valence-corrected chi connectivity index (χ2v) is 5.89. The molecule has 0 amide bonds. The molecule has 8 heteroatoms. The van der Waals surface area contributed by atoms with Crippen molar-refractivity contribution in [1.29, 1.82) is 0 Å². The first-order chi connectivity index (χ1) is 11.6. The van der Waals surface area contributed by atoms with Gasteiger partial charge in [0.25, 0.3) is 0 Å².